The molecule has 6 unspecified atom stereocenters. The second-order valence-corrected chi connectivity index (χ2v) is 8.04. The minimum Gasteiger partial charge on any atom is -0.466 e. The smallest absolute Gasteiger partial charge is 0.236 e. The fraction of sp³-hybridized carbons (Fsp3) is 0.600. The molecular formula is C20H23NO6. The van der Waals surface area contributed by atoms with Crippen LogP contribution in [-0.2, 0) is 14.3 Å². The van der Waals surface area contributed by atoms with E-state index in [0.717, 1.165) is 32.1 Å². The molecule has 4 heterocycles. The van der Waals surface area contributed by atoms with E-state index in [1.54, 1.807) is 24.3 Å². The number of imide groups is 1. The van der Waals surface area contributed by atoms with Gasteiger partial charge in [-0.05, 0) is 25.0 Å². The van der Waals surface area contributed by atoms with Gasteiger partial charge in [0.15, 0.2) is 0 Å². The number of hydrogen-bond acceptors (Lipinski definition) is 6. The molecule has 7 heteroatoms. The lowest BCUT2D eigenvalue weighted by Gasteiger charge is -2.36. The molecule has 3 aliphatic heterocycles. The molecule has 0 spiro atoms. The molecule has 2 N–H and O–H groups in total. The van der Waals surface area contributed by atoms with Gasteiger partial charge in [-0.2, -0.15) is 0 Å². The highest BCUT2D eigenvalue weighted by molar-refractivity contribution is 6.07. The highest BCUT2D eigenvalue weighted by Crippen LogP contribution is 2.55. The van der Waals surface area contributed by atoms with Gasteiger partial charge >= 0.3 is 0 Å². The van der Waals surface area contributed by atoms with Crippen molar-refractivity contribution in [2.45, 2.75) is 62.1 Å². The van der Waals surface area contributed by atoms with Crippen molar-refractivity contribution < 1.29 is 29.0 Å². The number of amides is 2. The van der Waals surface area contributed by atoms with E-state index >= 15 is 0 Å². The lowest BCUT2D eigenvalue weighted by Crippen LogP contribution is -2.52. The fourth-order valence-corrected chi connectivity index (χ4v) is 5.36. The Kier molecular flexibility index (Phi) is 3.83. The van der Waals surface area contributed by atoms with E-state index in [0.29, 0.717) is 0 Å². The molecule has 7 nitrogen and oxygen atoms in total. The van der Waals surface area contributed by atoms with Crippen LogP contribution in [0.3, 0.4) is 0 Å². The Labute approximate surface area is 156 Å². The maximum Gasteiger partial charge on any atom is 0.236 e. The number of carbonyl (C=O) groups is 2. The first-order valence-electron chi connectivity index (χ1n) is 9.68. The Hall–Kier alpha value is -1.96. The number of ether oxygens (including phenoxy) is 1. The zero-order valence-electron chi connectivity index (χ0n) is 14.9. The molecule has 1 aromatic heterocycles. The summed E-state index contributed by atoms with van der Waals surface area (Å²) in [6, 6.07) is 3.11. The van der Waals surface area contributed by atoms with E-state index in [-0.39, 0.29) is 23.6 Å². The molecule has 2 saturated heterocycles. The lowest BCUT2D eigenvalue weighted by molar-refractivity contribution is -0.159. The number of aliphatic hydroxyl groups excluding tert-OH is 2. The molecule has 0 aromatic carbocycles. The van der Waals surface area contributed by atoms with Crippen LogP contribution in [-0.4, -0.2) is 50.8 Å². The lowest BCUT2D eigenvalue weighted by atomic mass is 9.73. The third kappa shape index (κ3) is 2.25. The molecule has 1 aliphatic carbocycles. The van der Waals surface area contributed by atoms with Gasteiger partial charge in [-0.1, -0.05) is 31.4 Å². The van der Waals surface area contributed by atoms with Crippen LogP contribution in [0, 0.1) is 11.8 Å². The van der Waals surface area contributed by atoms with Crippen LogP contribution < -0.4 is 0 Å². The zero-order valence-corrected chi connectivity index (χ0v) is 14.9. The van der Waals surface area contributed by atoms with E-state index in [1.165, 1.54) is 11.2 Å². The molecule has 1 saturated carbocycles. The Morgan fingerprint density at radius 2 is 1.93 bits per heavy atom. The van der Waals surface area contributed by atoms with Gasteiger partial charge < -0.3 is 19.4 Å². The van der Waals surface area contributed by atoms with E-state index in [1.807, 2.05) is 0 Å². The predicted molar refractivity (Wildman–Crippen MR) is 92.1 cm³/mol. The first-order chi connectivity index (χ1) is 13.0. The van der Waals surface area contributed by atoms with E-state index in [9.17, 15) is 19.8 Å². The fourth-order valence-electron chi connectivity index (χ4n) is 5.36. The minimum absolute atomic E-state index is 0.0621. The first-order valence-corrected chi connectivity index (χ1v) is 9.68. The second-order valence-electron chi connectivity index (χ2n) is 8.04. The molecule has 6 atom stereocenters. The molecule has 5 rings (SSSR count). The van der Waals surface area contributed by atoms with Crippen LogP contribution in [0.15, 0.2) is 35.0 Å². The topological polar surface area (TPSA) is 100 Å². The van der Waals surface area contributed by atoms with Gasteiger partial charge in [0, 0.05) is 6.04 Å². The number of likely N-dealkylation sites (tertiary alicyclic amines) is 1. The zero-order chi connectivity index (χ0) is 18.8. The summed E-state index contributed by atoms with van der Waals surface area (Å²) in [6.45, 7) is 0. The van der Waals surface area contributed by atoms with Gasteiger partial charge in [0.25, 0.3) is 0 Å². The summed E-state index contributed by atoms with van der Waals surface area (Å²) in [5, 5.41) is 21.5. The van der Waals surface area contributed by atoms with Crippen LogP contribution in [0.4, 0.5) is 0 Å². The standard InChI is InChI=1S/C20H23NO6/c22-16(13-7-4-10-26-13)17(23)20-9-8-12(27-20)14-15(20)19(25)21(18(14)24)11-5-2-1-3-6-11/h4,7-12,14-17,22-23H,1-3,5-6H2. The molecule has 2 bridgehead atoms. The Bertz CT molecular complexity index is 782. The normalized spacial score (nSPS) is 37.9. The number of rotatable bonds is 4. The van der Waals surface area contributed by atoms with Crippen molar-refractivity contribution in [3.63, 3.8) is 0 Å². The molecule has 3 fully saturated rings. The van der Waals surface area contributed by atoms with E-state index < -0.39 is 35.7 Å². The Balaban J connectivity index is 1.48. The number of hydrogen-bond donors (Lipinski definition) is 2. The molecule has 144 valence electrons. The minimum atomic E-state index is -1.41. The quantitative estimate of drug-likeness (QED) is 0.610. The average Bonchev–Trinajstić information content (AvgIpc) is 3.45. The molecule has 1 aromatic rings. The van der Waals surface area contributed by atoms with Gasteiger partial charge in [0.2, 0.25) is 11.8 Å². The number of carbonyl (C=O) groups excluding carboxylic acids is 2. The summed E-state index contributed by atoms with van der Waals surface area (Å²) < 4.78 is 11.2. The average molecular weight is 373 g/mol. The summed E-state index contributed by atoms with van der Waals surface area (Å²) in [6.07, 6.45) is 6.30. The highest BCUT2D eigenvalue weighted by Gasteiger charge is 2.71. The van der Waals surface area contributed by atoms with Crippen LogP contribution in [0.2, 0.25) is 0 Å². The largest absolute Gasteiger partial charge is 0.466 e. The van der Waals surface area contributed by atoms with Crippen LogP contribution >= 0.6 is 0 Å². The third-order valence-corrected chi connectivity index (χ3v) is 6.65. The van der Waals surface area contributed by atoms with Crippen LogP contribution in [0.1, 0.15) is 44.0 Å². The number of nitrogens with zero attached hydrogens (tertiary/aromatic N) is 1. The maximum atomic E-state index is 13.3. The highest BCUT2D eigenvalue weighted by atomic mass is 16.5. The molecule has 4 aliphatic rings. The number of furan rings is 1. The van der Waals surface area contributed by atoms with Crippen LogP contribution in [0.25, 0.3) is 0 Å². The van der Waals surface area contributed by atoms with Gasteiger partial charge in [0.1, 0.15) is 23.6 Å². The molecule has 27 heavy (non-hydrogen) atoms. The van der Waals surface area contributed by atoms with Crippen molar-refractivity contribution in [1.29, 1.82) is 0 Å². The summed E-state index contributed by atoms with van der Waals surface area (Å²) in [5.41, 5.74) is -1.41. The van der Waals surface area contributed by atoms with E-state index in [4.69, 9.17) is 9.15 Å². The first kappa shape index (κ1) is 17.2. The summed E-state index contributed by atoms with van der Waals surface area (Å²) in [4.78, 5) is 27.8. The van der Waals surface area contributed by atoms with Gasteiger partial charge in [-0.15, -0.1) is 0 Å². The van der Waals surface area contributed by atoms with Crippen molar-refractivity contribution in [3.05, 3.63) is 36.3 Å². The SMILES string of the molecule is O=C1C2C3C=CC(C(O)C(O)c4ccco4)(O3)C2C(=O)N1C1CCCCC1. The van der Waals surface area contributed by atoms with Gasteiger partial charge in [-0.3, -0.25) is 14.5 Å². The summed E-state index contributed by atoms with van der Waals surface area (Å²) in [7, 11) is 0. The monoisotopic (exact) mass is 373 g/mol. The maximum absolute atomic E-state index is 13.3. The second kappa shape index (κ2) is 6.02. The molecule has 2 amide bonds. The van der Waals surface area contributed by atoms with Crippen molar-refractivity contribution >= 4 is 11.8 Å². The Morgan fingerprint density at radius 1 is 1.15 bits per heavy atom. The van der Waals surface area contributed by atoms with Crippen molar-refractivity contribution in [1.82, 2.24) is 4.90 Å². The van der Waals surface area contributed by atoms with Gasteiger partial charge in [-0.25, -0.2) is 0 Å². The van der Waals surface area contributed by atoms with Crippen molar-refractivity contribution in [2.24, 2.45) is 11.8 Å². The Morgan fingerprint density at radius 3 is 2.63 bits per heavy atom. The van der Waals surface area contributed by atoms with Crippen LogP contribution in [0.5, 0.6) is 0 Å². The van der Waals surface area contributed by atoms with Gasteiger partial charge in [0.05, 0.1) is 24.2 Å². The third-order valence-electron chi connectivity index (χ3n) is 6.65. The summed E-state index contributed by atoms with van der Waals surface area (Å²) in [5.74, 6) is -1.71. The van der Waals surface area contributed by atoms with Crippen molar-refractivity contribution in [3.8, 4) is 0 Å². The predicted octanol–water partition coefficient (Wildman–Crippen LogP) is 1.32. The molecule has 0 radical (unpaired) electrons. The summed E-state index contributed by atoms with van der Waals surface area (Å²) >= 11 is 0. The van der Waals surface area contributed by atoms with Crippen molar-refractivity contribution in [2.75, 3.05) is 0 Å². The number of fused-ring (bicyclic) bond motifs is 5. The molecular weight excluding hydrogens is 350 g/mol. The number of aliphatic hydroxyl groups is 2. The van der Waals surface area contributed by atoms with E-state index in [2.05, 4.69) is 0 Å².